The van der Waals surface area contributed by atoms with E-state index in [1.807, 2.05) is 0 Å². The molecule has 6 heteroatoms. The molecule has 3 N–H and O–H groups in total. The molecule has 79 heavy (non-hydrogen) atoms. The number of allylic oxidation sites excluding steroid dienone is 2. The molecule has 0 aliphatic carbocycles. The second-order valence-corrected chi connectivity index (χ2v) is 25.3. The van der Waals surface area contributed by atoms with Crippen molar-refractivity contribution in [2.45, 2.75) is 431 Å². The number of aliphatic hydroxyl groups is 2. The van der Waals surface area contributed by atoms with E-state index in [0.29, 0.717) is 25.9 Å². The lowest BCUT2D eigenvalue weighted by atomic mass is 10.0. The second kappa shape index (κ2) is 69.1. The summed E-state index contributed by atoms with van der Waals surface area (Å²) >= 11 is 0. The van der Waals surface area contributed by atoms with Crippen LogP contribution in [0, 0.1) is 0 Å². The highest BCUT2D eigenvalue weighted by Gasteiger charge is 2.20. The minimum atomic E-state index is -0.670. The molecule has 0 aromatic carbocycles. The number of unbranched alkanes of at least 4 members (excludes halogenated alkanes) is 56. The van der Waals surface area contributed by atoms with Crippen molar-refractivity contribution in [2.24, 2.45) is 0 Å². The lowest BCUT2D eigenvalue weighted by Gasteiger charge is -2.22. The van der Waals surface area contributed by atoms with Crippen LogP contribution in [0.4, 0.5) is 0 Å². The van der Waals surface area contributed by atoms with E-state index < -0.39 is 12.1 Å². The van der Waals surface area contributed by atoms with Crippen molar-refractivity contribution < 1.29 is 24.5 Å². The molecule has 2 unspecified atom stereocenters. The van der Waals surface area contributed by atoms with E-state index in [0.717, 1.165) is 38.5 Å². The maximum Gasteiger partial charge on any atom is 0.305 e. The van der Waals surface area contributed by atoms with Crippen molar-refractivity contribution in [1.82, 2.24) is 5.32 Å². The maximum atomic E-state index is 12.6. The highest BCUT2D eigenvalue weighted by Crippen LogP contribution is 2.19. The fourth-order valence-corrected chi connectivity index (χ4v) is 11.8. The highest BCUT2D eigenvalue weighted by molar-refractivity contribution is 5.76. The Labute approximate surface area is 495 Å². The molecule has 0 radical (unpaired) electrons. The van der Waals surface area contributed by atoms with Crippen molar-refractivity contribution in [1.29, 1.82) is 0 Å². The van der Waals surface area contributed by atoms with Crippen molar-refractivity contribution >= 4 is 11.9 Å². The Bertz CT molecular complexity index is 1190. The average Bonchev–Trinajstić information content (AvgIpc) is 3.45. The van der Waals surface area contributed by atoms with Gasteiger partial charge >= 0.3 is 5.97 Å². The largest absolute Gasteiger partial charge is 0.466 e. The standard InChI is InChI=1S/C73H143NO5/c1-3-5-7-9-11-13-15-17-19-21-23-24-25-27-30-33-37-41-45-49-53-57-61-65-71(76)70(69-75)74-72(77)66-62-58-54-50-46-42-38-34-31-28-26-29-32-36-40-44-48-52-56-60-64-68-79-73(78)67-63-59-55-51-47-43-39-35-22-20-18-16-14-12-10-8-6-4-2/h28,31,70-71,75-76H,3-27,29-30,32-69H2,1-2H3,(H,74,77)/b31-28-. The van der Waals surface area contributed by atoms with E-state index in [1.165, 1.54) is 347 Å². The normalized spacial score (nSPS) is 12.5. The molecule has 0 aliphatic heterocycles. The van der Waals surface area contributed by atoms with Gasteiger partial charge in [0.1, 0.15) is 0 Å². The maximum absolute atomic E-state index is 12.6. The molecule has 0 saturated heterocycles. The summed E-state index contributed by atoms with van der Waals surface area (Å²) in [4.78, 5) is 24.7. The minimum absolute atomic E-state index is 0.0141. The number of nitrogens with one attached hydrogen (secondary N) is 1. The topological polar surface area (TPSA) is 95.9 Å². The molecule has 0 fully saturated rings. The smallest absolute Gasteiger partial charge is 0.305 e. The Balaban J connectivity index is 3.40. The SMILES string of the molecule is CCCCCCCCCCCCCCCCCCCCCCCCCC(O)C(CO)NC(=O)CCCCCCCCC/C=C\CCCCCCCCCCCCOC(=O)CCCCCCCCCCCCCCCCCCCC. The first kappa shape index (κ1) is 77.6. The monoisotopic (exact) mass is 1110 g/mol. The summed E-state index contributed by atoms with van der Waals surface area (Å²) in [5.74, 6) is -0.0234. The predicted octanol–water partition coefficient (Wildman–Crippen LogP) is 23.5. The third-order valence-electron chi connectivity index (χ3n) is 17.3. The van der Waals surface area contributed by atoms with Crippen LogP contribution in [0.5, 0.6) is 0 Å². The van der Waals surface area contributed by atoms with Gasteiger partial charge in [0.2, 0.25) is 5.91 Å². The van der Waals surface area contributed by atoms with Crippen LogP contribution < -0.4 is 5.32 Å². The summed E-state index contributed by atoms with van der Waals surface area (Å²) in [5.41, 5.74) is 0. The second-order valence-electron chi connectivity index (χ2n) is 25.3. The lowest BCUT2D eigenvalue weighted by molar-refractivity contribution is -0.143. The third-order valence-corrected chi connectivity index (χ3v) is 17.3. The Morgan fingerprint density at radius 1 is 0.342 bits per heavy atom. The van der Waals surface area contributed by atoms with Gasteiger partial charge in [-0.25, -0.2) is 0 Å². The molecule has 0 heterocycles. The van der Waals surface area contributed by atoms with Gasteiger partial charge in [-0.15, -0.1) is 0 Å². The van der Waals surface area contributed by atoms with Crippen LogP contribution >= 0.6 is 0 Å². The lowest BCUT2D eigenvalue weighted by Crippen LogP contribution is -2.45. The van der Waals surface area contributed by atoms with Gasteiger partial charge in [-0.1, -0.05) is 366 Å². The zero-order valence-corrected chi connectivity index (χ0v) is 53.9. The number of hydrogen-bond acceptors (Lipinski definition) is 5. The van der Waals surface area contributed by atoms with Crippen LogP contribution in [0.1, 0.15) is 418 Å². The Morgan fingerprint density at radius 3 is 0.899 bits per heavy atom. The van der Waals surface area contributed by atoms with Crippen molar-refractivity contribution in [3.8, 4) is 0 Å². The zero-order chi connectivity index (χ0) is 57.1. The first-order valence-corrected chi connectivity index (χ1v) is 36.4. The van der Waals surface area contributed by atoms with Crippen LogP contribution in [0.15, 0.2) is 12.2 Å². The number of esters is 1. The Hall–Kier alpha value is -1.40. The first-order valence-electron chi connectivity index (χ1n) is 36.4. The van der Waals surface area contributed by atoms with Crippen LogP contribution in [0.2, 0.25) is 0 Å². The molecule has 470 valence electrons. The molecule has 0 aliphatic rings. The fraction of sp³-hybridized carbons (Fsp3) is 0.945. The summed E-state index contributed by atoms with van der Waals surface area (Å²) < 4.78 is 5.51. The van der Waals surface area contributed by atoms with Crippen LogP contribution in [0.3, 0.4) is 0 Å². The van der Waals surface area contributed by atoms with E-state index in [2.05, 4.69) is 31.3 Å². The van der Waals surface area contributed by atoms with Gasteiger partial charge < -0.3 is 20.3 Å². The molecule has 0 saturated carbocycles. The Morgan fingerprint density at radius 2 is 0.595 bits per heavy atom. The van der Waals surface area contributed by atoms with Crippen LogP contribution in [0.25, 0.3) is 0 Å². The first-order chi connectivity index (χ1) is 39.0. The van der Waals surface area contributed by atoms with Gasteiger partial charge in [-0.3, -0.25) is 9.59 Å². The molecule has 0 aromatic rings. The van der Waals surface area contributed by atoms with Crippen LogP contribution in [-0.4, -0.2) is 47.4 Å². The molecule has 6 nitrogen and oxygen atoms in total. The average molecular weight is 1110 g/mol. The van der Waals surface area contributed by atoms with E-state index in [4.69, 9.17) is 4.74 Å². The number of aliphatic hydroxyl groups excluding tert-OH is 2. The molecule has 0 rings (SSSR count). The molecule has 1 amide bonds. The number of amides is 1. The third kappa shape index (κ3) is 65.6. The molecular weight excluding hydrogens is 971 g/mol. The predicted molar refractivity (Wildman–Crippen MR) is 347 cm³/mol. The van der Waals surface area contributed by atoms with Gasteiger partial charge in [-0.2, -0.15) is 0 Å². The van der Waals surface area contributed by atoms with Gasteiger partial charge in [0.25, 0.3) is 0 Å². The summed E-state index contributed by atoms with van der Waals surface area (Å²) in [7, 11) is 0. The van der Waals surface area contributed by atoms with E-state index in [1.54, 1.807) is 0 Å². The fourth-order valence-electron chi connectivity index (χ4n) is 11.8. The van der Waals surface area contributed by atoms with Gasteiger partial charge in [0.05, 0.1) is 25.4 Å². The molecule has 2 atom stereocenters. The van der Waals surface area contributed by atoms with E-state index in [-0.39, 0.29) is 18.5 Å². The van der Waals surface area contributed by atoms with Gasteiger partial charge in [-0.05, 0) is 51.4 Å². The summed E-state index contributed by atoms with van der Waals surface area (Å²) in [6.45, 7) is 5.00. The molecule has 0 aromatic heterocycles. The quantitative estimate of drug-likeness (QED) is 0.0320. The highest BCUT2D eigenvalue weighted by atomic mass is 16.5. The zero-order valence-electron chi connectivity index (χ0n) is 53.9. The number of hydrogen-bond donors (Lipinski definition) is 3. The van der Waals surface area contributed by atoms with E-state index >= 15 is 0 Å². The van der Waals surface area contributed by atoms with Gasteiger partial charge in [0.15, 0.2) is 0 Å². The molecule has 0 spiro atoms. The molecular formula is C73H143NO5. The van der Waals surface area contributed by atoms with Crippen LogP contribution in [-0.2, 0) is 14.3 Å². The summed E-state index contributed by atoms with van der Waals surface area (Å²) in [6, 6.07) is -0.548. The summed E-state index contributed by atoms with van der Waals surface area (Å²) in [6.07, 6.45) is 85.5. The number of carbonyl (C=O) groups is 2. The van der Waals surface area contributed by atoms with E-state index in [9.17, 15) is 19.8 Å². The van der Waals surface area contributed by atoms with Crippen molar-refractivity contribution in [3.05, 3.63) is 12.2 Å². The number of rotatable bonds is 69. The minimum Gasteiger partial charge on any atom is -0.466 e. The van der Waals surface area contributed by atoms with Crippen molar-refractivity contribution in [3.63, 3.8) is 0 Å². The number of ether oxygens (including phenoxy) is 1. The summed E-state index contributed by atoms with van der Waals surface area (Å²) in [5, 5.41) is 23.4. The Kier molecular flexibility index (Phi) is 67.9. The van der Waals surface area contributed by atoms with Crippen molar-refractivity contribution in [2.75, 3.05) is 13.2 Å². The van der Waals surface area contributed by atoms with Gasteiger partial charge in [0, 0.05) is 12.8 Å². The number of carbonyl (C=O) groups excluding carboxylic acids is 2. The molecule has 0 bridgehead atoms.